The maximum Gasteiger partial charge on any atom is 0.308 e. The van der Waals surface area contributed by atoms with Gasteiger partial charge in [0, 0.05) is 18.2 Å². The van der Waals surface area contributed by atoms with Crippen molar-refractivity contribution < 1.29 is 15.0 Å². The second-order valence-electron chi connectivity index (χ2n) is 4.66. The molecular formula is C11H21NO3. The summed E-state index contributed by atoms with van der Waals surface area (Å²) in [5.41, 5.74) is -0.131. The summed E-state index contributed by atoms with van der Waals surface area (Å²) in [5.74, 6) is -0.948. The van der Waals surface area contributed by atoms with Crippen LogP contribution in [-0.4, -0.2) is 34.4 Å². The Morgan fingerprint density at radius 2 is 2.20 bits per heavy atom. The van der Waals surface area contributed by atoms with Gasteiger partial charge in [-0.05, 0) is 32.6 Å². The van der Waals surface area contributed by atoms with Crippen LogP contribution in [0, 0.1) is 5.92 Å². The maximum atomic E-state index is 10.8. The van der Waals surface area contributed by atoms with E-state index in [1.165, 1.54) is 0 Å². The number of aliphatic hydroxyl groups excluding tert-OH is 1. The van der Waals surface area contributed by atoms with Crippen LogP contribution in [0.1, 0.15) is 39.5 Å². The van der Waals surface area contributed by atoms with Crippen LogP contribution in [0.4, 0.5) is 0 Å². The third-order valence-corrected chi connectivity index (χ3v) is 3.57. The Kier molecular flexibility index (Phi) is 4.11. The summed E-state index contributed by atoms with van der Waals surface area (Å²) >= 11 is 0. The molecule has 88 valence electrons. The first-order valence-corrected chi connectivity index (χ1v) is 5.64. The molecule has 1 saturated carbocycles. The molecule has 1 aliphatic rings. The molecule has 0 aromatic carbocycles. The summed E-state index contributed by atoms with van der Waals surface area (Å²) < 4.78 is 0. The summed E-state index contributed by atoms with van der Waals surface area (Å²) in [4.78, 5) is 10.8. The Bertz CT molecular complexity index is 232. The Balaban J connectivity index is 2.48. The monoisotopic (exact) mass is 215 g/mol. The van der Waals surface area contributed by atoms with Gasteiger partial charge in [-0.2, -0.15) is 0 Å². The second-order valence-corrected chi connectivity index (χ2v) is 4.66. The number of carboxylic acid groups (broad SMARTS) is 1. The number of aliphatic hydroxyl groups is 1. The van der Waals surface area contributed by atoms with Crippen molar-refractivity contribution in [1.82, 2.24) is 5.32 Å². The van der Waals surface area contributed by atoms with Gasteiger partial charge in [-0.15, -0.1) is 0 Å². The molecule has 4 heteroatoms. The normalized spacial score (nSPS) is 29.3. The Labute approximate surface area is 90.7 Å². The minimum Gasteiger partial charge on any atom is -0.481 e. The molecule has 0 radical (unpaired) electrons. The highest BCUT2D eigenvalue weighted by molar-refractivity contribution is 5.72. The molecule has 0 spiro atoms. The van der Waals surface area contributed by atoms with E-state index >= 15 is 0 Å². The van der Waals surface area contributed by atoms with E-state index in [0.717, 1.165) is 19.3 Å². The lowest BCUT2D eigenvalue weighted by Gasteiger charge is -2.42. The number of carboxylic acids is 1. The highest BCUT2D eigenvalue weighted by atomic mass is 16.4. The van der Waals surface area contributed by atoms with Gasteiger partial charge in [0.15, 0.2) is 0 Å². The first kappa shape index (κ1) is 12.5. The highest BCUT2D eigenvalue weighted by Crippen LogP contribution is 2.30. The Hall–Kier alpha value is -0.610. The average Bonchev–Trinajstić information content (AvgIpc) is 2.12. The van der Waals surface area contributed by atoms with E-state index in [2.05, 4.69) is 12.2 Å². The van der Waals surface area contributed by atoms with E-state index in [4.69, 9.17) is 10.2 Å². The van der Waals surface area contributed by atoms with E-state index in [1.54, 1.807) is 0 Å². The molecule has 0 amide bonds. The molecule has 1 aliphatic carbocycles. The molecule has 0 bridgehead atoms. The minimum absolute atomic E-state index is 0.0824. The number of carbonyl (C=O) groups is 1. The van der Waals surface area contributed by atoms with Gasteiger partial charge in [0.25, 0.3) is 0 Å². The fourth-order valence-electron chi connectivity index (χ4n) is 2.01. The summed E-state index contributed by atoms with van der Waals surface area (Å²) in [6.07, 6.45) is 3.27. The number of aliphatic carboxylic acids is 1. The van der Waals surface area contributed by atoms with Crippen molar-refractivity contribution in [3.05, 3.63) is 0 Å². The molecule has 4 nitrogen and oxygen atoms in total. The smallest absolute Gasteiger partial charge is 0.308 e. The largest absolute Gasteiger partial charge is 0.481 e. The molecule has 0 aliphatic heterocycles. The second kappa shape index (κ2) is 4.94. The quantitative estimate of drug-likeness (QED) is 0.618. The molecule has 1 rings (SSSR count). The van der Waals surface area contributed by atoms with E-state index in [9.17, 15) is 4.79 Å². The molecule has 3 atom stereocenters. The zero-order chi connectivity index (χ0) is 11.5. The molecular weight excluding hydrogens is 194 g/mol. The summed E-state index contributed by atoms with van der Waals surface area (Å²) in [6.45, 7) is 4.24. The molecule has 0 aromatic rings. The molecule has 3 N–H and O–H groups in total. The van der Waals surface area contributed by atoms with Crippen LogP contribution in [0.5, 0.6) is 0 Å². The van der Waals surface area contributed by atoms with Crippen LogP contribution >= 0.6 is 0 Å². The number of nitrogens with one attached hydrogen (secondary N) is 1. The van der Waals surface area contributed by atoms with E-state index in [0.29, 0.717) is 6.42 Å². The topological polar surface area (TPSA) is 69.6 Å². The van der Waals surface area contributed by atoms with Gasteiger partial charge in [0.1, 0.15) is 0 Å². The zero-order valence-corrected chi connectivity index (χ0v) is 9.49. The van der Waals surface area contributed by atoms with Gasteiger partial charge in [-0.25, -0.2) is 0 Å². The first-order chi connectivity index (χ1) is 7.02. The summed E-state index contributed by atoms with van der Waals surface area (Å²) in [7, 11) is 0. The van der Waals surface area contributed by atoms with Crippen molar-refractivity contribution in [2.75, 3.05) is 6.61 Å². The van der Waals surface area contributed by atoms with Gasteiger partial charge in [-0.3, -0.25) is 4.79 Å². The van der Waals surface area contributed by atoms with Crippen molar-refractivity contribution >= 4 is 5.97 Å². The first-order valence-electron chi connectivity index (χ1n) is 5.64. The van der Waals surface area contributed by atoms with Crippen molar-refractivity contribution in [3.63, 3.8) is 0 Å². The Morgan fingerprint density at radius 3 is 2.53 bits per heavy atom. The van der Waals surface area contributed by atoms with E-state index < -0.39 is 5.97 Å². The number of rotatable bonds is 6. The highest BCUT2D eigenvalue weighted by Gasteiger charge is 2.39. The standard InChI is InChI=1S/C11H21NO3/c1-3-11(2,6-7-13)12-9-5-4-8(9)10(14)15/h8-9,12-13H,3-7H2,1-2H3,(H,14,15). The Morgan fingerprint density at radius 1 is 1.53 bits per heavy atom. The average molecular weight is 215 g/mol. The lowest BCUT2D eigenvalue weighted by molar-refractivity contribution is -0.146. The lowest BCUT2D eigenvalue weighted by Crippen LogP contribution is -2.56. The van der Waals surface area contributed by atoms with Crippen LogP contribution in [0.15, 0.2) is 0 Å². The molecule has 15 heavy (non-hydrogen) atoms. The molecule has 0 aromatic heterocycles. The van der Waals surface area contributed by atoms with Crippen LogP contribution in [0.3, 0.4) is 0 Å². The molecule has 0 heterocycles. The van der Waals surface area contributed by atoms with Crippen molar-refractivity contribution in [2.45, 2.75) is 51.1 Å². The minimum atomic E-state index is -0.707. The zero-order valence-electron chi connectivity index (χ0n) is 9.49. The fourth-order valence-corrected chi connectivity index (χ4v) is 2.01. The van der Waals surface area contributed by atoms with Gasteiger partial charge in [-0.1, -0.05) is 6.92 Å². The number of hydrogen-bond acceptors (Lipinski definition) is 3. The molecule has 3 unspecified atom stereocenters. The fraction of sp³-hybridized carbons (Fsp3) is 0.909. The van der Waals surface area contributed by atoms with Crippen LogP contribution in [0.25, 0.3) is 0 Å². The van der Waals surface area contributed by atoms with E-state index in [-0.39, 0.29) is 24.1 Å². The van der Waals surface area contributed by atoms with E-state index in [1.807, 2.05) is 6.92 Å². The van der Waals surface area contributed by atoms with Crippen LogP contribution in [0.2, 0.25) is 0 Å². The predicted molar refractivity (Wildman–Crippen MR) is 57.7 cm³/mol. The SMILES string of the molecule is CCC(C)(CCO)NC1CCC1C(=O)O. The van der Waals surface area contributed by atoms with Crippen molar-refractivity contribution in [3.8, 4) is 0 Å². The third-order valence-electron chi connectivity index (χ3n) is 3.57. The summed E-state index contributed by atoms with van der Waals surface area (Å²) in [5, 5.41) is 21.2. The van der Waals surface area contributed by atoms with Crippen molar-refractivity contribution in [2.24, 2.45) is 5.92 Å². The predicted octanol–water partition coefficient (Wildman–Crippen LogP) is 0.990. The van der Waals surface area contributed by atoms with Gasteiger partial charge >= 0.3 is 5.97 Å². The van der Waals surface area contributed by atoms with Crippen LogP contribution < -0.4 is 5.32 Å². The third kappa shape index (κ3) is 2.92. The number of hydrogen-bond donors (Lipinski definition) is 3. The maximum absolute atomic E-state index is 10.8. The lowest BCUT2D eigenvalue weighted by atomic mass is 9.77. The summed E-state index contributed by atoms with van der Waals surface area (Å²) in [6, 6.07) is 0.0824. The van der Waals surface area contributed by atoms with Crippen molar-refractivity contribution in [1.29, 1.82) is 0 Å². The van der Waals surface area contributed by atoms with Gasteiger partial charge in [0.2, 0.25) is 0 Å². The molecule has 0 saturated heterocycles. The van der Waals surface area contributed by atoms with Gasteiger partial charge in [0.05, 0.1) is 5.92 Å². The van der Waals surface area contributed by atoms with Gasteiger partial charge < -0.3 is 15.5 Å². The van der Waals surface area contributed by atoms with Crippen LogP contribution in [-0.2, 0) is 4.79 Å². The molecule has 1 fully saturated rings.